The van der Waals surface area contributed by atoms with Crippen LogP contribution in [0.1, 0.15) is 42.3 Å². The number of fused-ring (bicyclic) bond motifs is 1. The van der Waals surface area contributed by atoms with E-state index < -0.39 is 17.8 Å². The van der Waals surface area contributed by atoms with E-state index in [0.717, 1.165) is 11.6 Å². The first-order valence-corrected chi connectivity index (χ1v) is 11.9. The van der Waals surface area contributed by atoms with Gasteiger partial charge in [-0.1, -0.05) is 0 Å². The minimum Gasteiger partial charge on any atom is -0.493 e. The molecule has 4 rings (SSSR count). The second kappa shape index (κ2) is 10.8. The molecule has 3 aromatic carbocycles. The average Bonchev–Trinajstić information content (AvgIpc) is 3.22. The van der Waals surface area contributed by atoms with Gasteiger partial charge in [0.15, 0.2) is 35.0 Å². The van der Waals surface area contributed by atoms with E-state index in [-0.39, 0.29) is 29.2 Å². The molecule has 0 spiro atoms. The largest absolute Gasteiger partial charge is 0.493 e. The van der Waals surface area contributed by atoms with Crippen LogP contribution in [0, 0.1) is 17.1 Å². The molecule has 3 aromatic rings. The number of ether oxygens (including phenoxy) is 4. The molecule has 1 aliphatic heterocycles. The summed E-state index contributed by atoms with van der Waals surface area (Å²) in [4.78, 5) is 25.4. The summed E-state index contributed by atoms with van der Waals surface area (Å²) in [7, 11) is 1.52. The van der Waals surface area contributed by atoms with Gasteiger partial charge in [0.2, 0.25) is 0 Å². The molecule has 8 nitrogen and oxygen atoms in total. The molecule has 0 aromatic heterocycles. The van der Waals surface area contributed by atoms with E-state index in [1.165, 1.54) is 19.2 Å². The molecule has 9 heteroatoms. The normalized spacial score (nSPS) is 13.9. The van der Waals surface area contributed by atoms with Gasteiger partial charge in [0.25, 0.3) is 5.91 Å². The van der Waals surface area contributed by atoms with E-state index in [9.17, 15) is 14.0 Å². The molecule has 0 unspecified atom stereocenters. The van der Waals surface area contributed by atoms with Crippen LogP contribution in [0.15, 0.2) is 54.6 Å². The lowest BCUT2D eigenvalue weighted by molar-refractivity contribution is -0.127. The summed E-state index contributed by atoms with van der Waals surface area (Å²) in [5.41, 5.74) is 1.11. The number of hydrogen-bond acceptors (Lipinski definition) is 7. The van der Waals surface area contributed by atoms with Crippen molar-refractivity contribution in [3.05, 3.63) is 77.1 Å². The molecule has 0 bridgehead atoms. The maximum absolute atomic E-state index is 14.0. The van der Waals surface area contributed by atoms with Crippen molar-refractivity contribution in [2.75, 3.05) is 13.7 Å². The molecular weight excluding hydrogens is 491 g/mol. The number of amides is 1. The Morgan fingerprint density at radius 2 is 1.82 bits per heavy atom. The van der Waals surface area contributed by atoms with Gasteiger partial charge in [-0.05, 0) is 75.4 Å². The minimum absolute atomic E-state index is 0.0210. The Bertz CT molecular complexity index is 1410. The highest BCUT2D eigenvalue weighted by atomic mass is 19.1. The maximum Gasteiger partial charge on any atom is 0.261 e. The van der Waals surface area contributed by atoms with E-state index in [2.05, 4.69) is 5.32 Å². The van der Waals surface area contributed by atoms with Gasteiger partial charge in [-0.2, -0.15) is 5.26 Å². The second-order valence-corrected chi connectivity index (χ2v) is 9.44. The highest BCUT2D eigenvalue weighted by molar-refractivity contribution is 6.00. The first-order valence-electron chi connectivity index (χ1n) is 11.9. The summed E-state index contributed by atoms with van der Waals surface area (Å²) in [5, 5.41) is 11.4. The van der Waals surface area contributed by atoms with Crippen LogP contribution in [0.3, 0.4) is 0 Å². The van der Waals surface area contributed by atoms with E-state index in [1.807, 2.05) is 19.9 Å². The number of hydrogen-bond donors (Lipinski definition) is 1. The molecule has 1 heterocycles. The predicted molar refractivity (Wildman–Crippen MR) is 136 cm³/mol. The topological polar surface area (TPSA) is 107 Å². The number of rotatable bonds is 9. The summed E-state index contributed by atoms with van der Waals surface area (Å²) < 4.78 is 36.6. The van der Waals surface area contributed by atoms with Crippen molar-refractivity contribution < 1.29 is 32.9 Å². The number of methoxy groups -OCH3 is 1. The number of nitriles is 1. The first-order chi connectivity index (χ1) is 18.1. The highest BCUT2D eigenvalue weighted by Gasteiger charge is 2.33. The maximum atomic E-state index is 14.0. The average molecular weight is 519 g/mol. The molecule has 0 fully saturated rings. The van der Waals surface area contributed by atoms with Crippen LogP contribution in [-0.2, 0) is 11.2 Å². The third kappa shape index (κ3) is 6.03. The predicted octanol–water partition coefficient (Wildman–Crippen LogP) is 4.98. The van der Waals surface area contributed by atoms with Crippen LogP contribution in [-0.4, -0.2) is 37.0 Å². The Balaban J connectivity index is 1.31. The van der Waals surface area contributed by atoms with Crippen molar-refractivity contribution in [3.63, 3.8) is 0 Å². The Morgan fingerprint density at radius 1 is 1.11 bits per heavy atom. The van der Waals surface area contributed by atoms with Gasteiger partial charge in [0, 0.05) is 17.5 Å². The van der Waals surface area contributed by atoms with Crippen molar-refractivity contribution >= 4 is 11.7 Å². The van der Waals surface area contributed by atoms with E-state index in [1.54, 1.807) is 43.3 Å². The monoisotopic (exact) mass is 518 g/mol. The second-order valence-electron chi connectivity index (χ2n) is 9.44. The summed E-state index contributed by atoms with van der Waals surface area (Å²) in [6.45, 7) is 5.28. The number of Topliss-reactive ketones (excluding diaryl/α,β-unsaturated/α-hetero) is 1. The number of benzene rings is 3. The molecule has 38 heavy (non-hydrogen) atoms. The zero-order valence-corrected chi connectivity index (χ0v) is 21.5. The van der Waals surface area contributed by atoms with E-state index in [0.29, 0.717) is 35.0 Å². The van der Waals surface area contributed by atoms with Crippen molar-refractivity contribution in [2.24, 2.45) is 0 Å². The fourth-order valence-electron chi connectivity index (χ4n) is 4.03. The fourth-order valence-corrected chi connectivity index (χ4v) is 4.03. The Labute approximate surface area is 219 Å². The highest BCUT2D eigenvalue weighted by Crippen LogP contribution is 2.42. The van der Waals surface area contributed by atoms with Gasteiger partial charge >= 0.3 is 0 Å². The van der Waals surface area contributed by atoms with Crippen molar-refractivity contribution in [1.82, 2.24) is 5.32 Å². The number of carbonyl (C=O) groups excluding carboxylic acids is 2. The van der Waals surface area contributed by atoms with Crippen LogP contribution >= 0.6 is 0 Å². The molecule has 0 saturated heterocycles. The Hall–Kier alpha value is -4.58. The molecule has 0 radical (unpaired) electrons. The number of carbonyl (C=O) groups is 2. The van der Waals surface area contributed by atoms with Crippen molar-refractivity contribution in [1.29, 1.82) is 5.26 Å². The third-order valence-corrected chi connectivity index (χ3v) is 5.89. The van der Waals surface area contributed by atoms with E-state index in [4.69, 9.17) is 24.2 Å². The number of halogens is 1. The summed E-state index contributed by atoms with van der Waals surface area (Å²) in [5.74, 6) is 0.447. The van der Waals surface area contributed by atoms with Crippen LogP contribution in [0.2, 0.25) is 0 Å². The number of ketones is 1. The lowest BCUT2D eigenvalue weighted by Crippen LogP contribution is -2.39. The Morgan fingerprint density at radius 3 is 2.47 bits per heavy atom. The number of nitrogens with zero attached hydrogens (tertiary/aromatic N) is 1. The molecule has 1 aliphatic rings. The molecule has 0 aliphatic carbocycles. The van der Waals surface area contributed by atoms with Crippen LogP contribution in [0.25, 0.3) is 0 Å². The molecular formula is C29H27FN2O6. The lowest BCUT2D eigenvalue weighted by atomic mass is 9.98. The van der Waals surface area contributed by atoms with Gasteiger partial charge in [-0.15, -0.1) is 0 Å². The smallest absolute Gasteiger partial charge is 0.261 e. The zero-order chi connectivity index (χ0) is 27.4. The molecule has 1 N–H and O–H groups in total. The number of nitrogens with one attached hydrogen (secondary N) is 1. The van der Waals surface area contributed by atoms with Gasteiger partial charge < -0.3 is 24.3 Å². The van der Waals surface area contributed by atoms with Gasteiger partial charge in [-0.3, -0.25) is 9.59 Å². The molecule has 1 amide bonds. The van der Waals surface area contributed by atoms with E-state index >= 15 is 0 Å². The molecule has 1 atom stereocenters. The lowest BCUT2D eigenvalue weighted by Gasteiger charge is -2.17. The third-order valence-electron chi connectivity index (χ3n) is 5.89. The summed E-state index contributed by atoms with van der Waals surface area (Å²) >= 11 is 0. The summed E-state index contributed by atoms with van der Waals surface area (Å²) in [6, 6.07) is 15.4. The van der Waals surface area contributed by atoms with Crippen molar-refractivity contribution in [2.45, 2.75) is 38.9 Å². The van der Waals surface area contributed by atoms with Crippen LogP contribution in [0.4, 0.5) is 4.39 Å². The quantitative estimate of drug-likeness (QED) is 0.398. The molecule has 0 saturated carbocycles. The summed E-state index contributed by atoms with van der Waals surface area (Å²) in [6.07, 6.45) is -0.238. The van der Waals surface area contributed by atoms with Gasteiger partial charge in [0.05, 0.1) is 25.3 Å². The van der Waals surface area contributed by atoms with Gasteiger partial charge in [-0.25, -0.2) is 4.39 Å². The fraction of sp³-hybridized carbons (Fsp3) is 0.276. The zero-order valence-electron chi connectivity index (χ0n) is 21.5. The Kier molecular flexibility index (Phi) is 7.53. The minimum atomic E-state index is -0.880. The van der Waals surface area contributed by atoms with Crippen molar-refractivity contribution in [3.8, 4) is 34.8 Å². The SMILES string of the molecule is COc1cc(C(=O)CNC(=O)[C@@H](C)Oc2ccc(Oc3ccc(C#N)cc3F)cc2)cc2c1OC(C)(C)C2. The molecule has 196 valence electrons. The first kappa shape index (κ1) is 26.5. The van der Waals surface area contributed by atoms with Crippen LogP contribution in [0.5, 0.6) is 28.7 Å². The van der Waals surface area contributed by atoms with Crippen LogP contribution < -0.4 is 24.3 Å². The standard InChI is InChI=1S/C29H27FN2O6/c1-17(36-21-6-8-22(9-7-21)37-25-10-5-18(15-31)11-23(25)30)28(34)32-16-24(33)19-12-20-14-29(2,3)38-27(20)26(13-19)35-4/h5-13,17H,14,16H2,1-4H3,(H,32,34)/t17-/m1/s1. The van der Waals surface area contributed by atoms with Gasteiger partial charge in [0.1, 0.15) is 17.1 Å².